The Morgan fingerprint density at radius 3 is 2.67 bits per heavy atom. The second-order valence-corrected chi connectivity index (χ2v) is 3.72. The predicted molar refractivity (Wildman–Crippen MR) is 48.1 cm³/mol. The fourth-order valence-corrected chi connectivity index (χ4v) is 1.96. The van der Waals surface area contributed by atoms with Crippen LogP contribution < -0.4 is 0 Å². The summed E-state index contributed by atoms with van der Waals surface area (Å²) in [6.07, 6.45) is 0. The first-order chi connectivity index (χ1) is 5.86. The molecule has 2 nitrogen and oxygen atoms in total. The van der Waals surface area contributed by atoms with Gasteiger partial charge >= 0.3 is 5.30 Å². The summed E-state index contributed by atoms with van der Waals surface area (Å²) in [7, 11) is 0. The van der Waals surface area contributed by atoms with E-state index < -0.39 is 0 Å². The summed E-state index contributed by atoms with van der Waals surface area (Å²) in [5.74, 6) is 0. The van der Waals surface area contributed by atoms with Crippen molar-refractivity contribution in [2.75, 3.05) is 6.61 Å². The van der Waals surface area contributed by atoms with Gasteiger partial charge in [-0.15, -0.1) is 0 Å². The molecule has 1 aromatic rings. The average Bonchev–Trinajstić information content (AvgIpc) is 2.54. The van der Waals surface area contributed by atoms with Crippen LogP contribution in [0.15, 0.2) is 30.3 Å². The van der Waals surface area contributed by atoms with E-state index in [1.165, 1.54) is 11.8 Å². The molecule has 12 heavy (non-hydrogen) atoms. The van der Waals surface area contributed by atoms with E-state index in [4.69, 9.17) is 4.74 Å². The van der Waals surface area contributed by atoms with Gasteiger partial charge in [0, 0.05) is 0 Å². The van der Waals surface area contributed by atoms with E-state index in [1.807, 2.05) is 30.3 Å². The van der Waals surface area contributed by atoms with Gasteiger partial charge in [-0.3, -0.25) is 0 Å². The first-order valence-corrected chi connectivity index (χ1v) is 4.62. The first kappa shape index (κ1) is 7.68. The molecule has 3 heteroatoms. The topological polar surface area (TPSA) is 26.3 Å². The number of thioether (sulfide) groups is 1. The van der Waals surface area contributed by atoms with Crippen molar-refractivity contribution in [1.29, 1.82) is 0 Å². The molecular formula is C9H8O2S. The Labute approximate surface area is 74.9 Å². The highest BCUT2D eigenvalue weighted by atomic mass is 32.2. The molecule has 1 atom stereocenters. The molecular weight excluding hydrogens is 172 g/mol. The Bertz CT molecular complexity index is 284. The lowest BCUT2D eigenvalue weighted by Crippen LogP contribution is -1.93. The highest BCUT2D eigenvalue weighted by molar-refractivity contribution is 8.13. The van der Waals surface area contributed by atoms with Crippen molar-refractivity contribution in [3.63, 3.8) is 0 Å². The summed E-state index contributed by atoms with van der Waals surface area (Å²) in [5.41, 5.74) is 1.16. The Morgan fingerprint density at radius 1 is 1.33 bits per heavy atom. The van der Waals surface area contributed by atoms with E-state index >= 15 is 0 Å². The summed E-state index contributed by atoms with van der Waals surface area (Å²) < 4.78 is 4.84. The molecule has 0 radical (unpaired) electrons. The maximum atomic E-state index is 10.8. The molecule has 1 aromatic carbocycles. The zero-order valence-electron chi connectivity index (χ0n) is 6.40. The molecule has 0 aromatic heterocycles. The van der Waals surface area contributed by atoms with E-state index in [9.17, 15) is 4.79 Å². The molecule has 62 valence electrons. The molecule has 1 saturated heterocycles. The number of carbonyl (C=O) groups excluding carboxylic acids is 1. The third-order valence-corrected chi connectivity index (χ3v) is 2.77. The monoisotopic (exact) mass is 180 g/mol. The quantitative estimate of drug-likeness (QED) is 0.621. The van der Waals surface area contributed by atoms with Crippen LogP contribution in [-0.2, 0) is 4.74 Å². The molecule has 1 fully saturated rings. The van der Waals surface area contributed by atoms with Crippen LogP contribution in [0.5, 0.6) is 0 Å². The van der Waals surface area contributed by atoms with Gasteiger partial charge in [-0.1, -0.05) is 30.3 Å². The number of hydrogen-bond acceptors (Lipinski definition) is 3. The number of hydrogen-bond donors (Lipinski definition) is 0. The molecule has 1 unspecified atom stereocenters. The molecule has 0 amide bonds. The summed E-state index contributed by atoms with van der Waals surface area (Å²) in [5, 5.41) is 0.0301. The van der Waals surface area contributed by atoms with E-state index in [1.54, 1.807) is 0 Å². The van der Waals surface area contributed by atoms with Crippen molar-refractivity contribution < 1.29 is 9.53 Å². The van der Waals surface area contributed by atoms with Gasteiger partial charge in [-0.2, -0.15) is 0 Å². The first-order valence-electron chi connectivity index (χ1n) is 3.74. The fourth-order valence-electron chi connectivity index (χ4n) is 1.16. The van der Waals surface area contributed by atoms with Crippen LogP contribution in [-0.4, -0.2) is 11.9 Å². The second kappa shape index (κ2) is 3.19. The number of benzene rings is 1. The molecule has 2 rings (SSSR count). The van der Waals surface area contributed by atoms with Gasteiger partial charge in [0.1, 0.15) is 6.61 Å². The van der Waals surface area contributed by atoms with Gasteiger partial charge in [-0.05, 0) is 17.3 Å². The summed E-state index contributed by atoms with van der Waals surface area (Å²) >= 11 is 1.26. The zero-order valence-corrected chi connectivity index (χ0v) is 7.21. The number of carbonyl (C=O) groups is 1. The van der Waals surface area contributed by atoms with E-state index in [-0.39, 0.29) is 10.6 Å². The lowest BCUT2D eigenvalue weighted by molar-refractivity contribution is 0.184. The van der Waals surface area contributed by atoms with E-state index in [0.29, 0.717) is 6.61 Å². The van der Waals surface area contributed by atoms with Crippen LogP contribution in [0.4, 0.5) is 4.79 Å². The maximum absolute atomic E-state index is 10.8. The molecule has 0 aliphatic carbocycles. The average molecular weight is 180 g/mol. The van der Waals surface area contributed by atoms with Crippen molar-refractivity contribution in [3.8, 4) is 0 Å². The molecule has 1 aliphatic rings. The lowest BCUT2D eigenvalue weighted by atomic mass is 10.2. The fraction of sp³-hybridized carbons (Fsp3) is 0.222. The maximum Gasteiger partial charge on any atom is 0.368 e. The standard InChI is InChI=1S/C9H8O2S/c10-9-11-6-8(12-9)7-4-2-1-3-5-7/h1-5,8H,6H2. The van der Waals surface area contributed by atoms with Crippen molar-refractivity contribution >= 4 is 17.1 Å². The van der Waals surface area contributed by atoms with Crippen molar-refractivity contribution in [3.05, 3.63) is 35.9 Å². The summed E-state index contributed by atoms with van der Waals surface area (Å²) in [6, 6.07) is 9.93. The van der Waals surface area contributed by atoms with Crippen molar-refractivity contribution in [1.82, 2.24) is 0 Å². The van der Waals surface area contributed by atoms with Crippen LogP contribution >= 0.6 is 11.8 Å². The van der Waals surface area contributed by atoms with Crippen LogP contribution in [0.1, 0.15) is 10.8 Å². The van der Waals surface area contributed by atoms with E-state index in [2.05, 4.69) is 0 Å². The number of cyclic esters (lactones) is 1. The Morgan fingerprint density at radius 2 is 2.08 bits per heavy atom. The minimum absolute atomic E-state index is 0.163. The highest BCUT2D eigenvalue weighted by Crippen LogP contribution is 2.35. The molecule has 0 saturated carbocycles. The SMILES string of the molecule is O=C1OCC(c2ccccc2)S1. The van der Waals surface area contributed by atoms with Crippen LogP contribution in [0.3, 0.4) is 0 Å². The van der Waals surface area contributed by atoms with Gasteiger partial charge in [-0.25, -0.2) is 4.79 Å². The molecule has 0 bridgehead atoms. The Hall–Kier alpha value is -0.960. The number of rotatable bonds is 1. The third-order valence-electron chi connectivity index (χ3n) is 1.76. The molecule has 1 aliphatic heterocycles. The lowest BCUT2D eigenvalue weighted by Gasteiger charge is -2.03. The van der Waals surface area contributed by atoms with Gasteiger partial charge in [0.15, 0.2) is 0 Å². The molecule has 0 N–H and O–H groups in total. The summed E-state index contributed by atoms with van der Waals surface area (Å²) in [6.45, 7) is 0.507. The second-order valence-electron chi connectivity index (χ2n) is 2.58. The summed E-state index contributed by atoms with van der Waals surface area (Å²) in [4.78, 5) is 10.8. The third kappa shape index (κ3) is 1.46. The van der Waals surface area contributed by atoms with Gasteiger partial charge in [0.2, 0.25) is 0 Å². The minimum Gasteiger partial charge on any atom is -0.456 e. The molecule has 1 heterocycles. The normalized spacial score (nSPS) is 22.3. The van der Waals surface area contributed by atoms with Gasteiger partial charge < -0.3 is 4.74 Å². The smallest absolute Gasteiger partial charge is 0.368 e. The Kier molecular flexibility index (Phi) is 2.04. The van der Waals surface area contributed by atoms with Gasteiger partial charge in [0.05, 0.1) is 5.25 Å². The highest BCUT2D eigenvalue weighted by Gasteiger charge is 2.25. The Balaban J connectivity index is 2.16. The van der Waals surface area contributed by atoms with Crippen LogP contribution in [0, 0.1) is 0 Å². The minimum atomic E-state index is -0.163. The van der Waals surface area contributed by atoms with Gasteiger partial charge in [0.25, 0.3) is 0 Å². The number of ether oxygens (including phenoxy) is 1. The zero-order chi connectivity index (χ0) is 8.39. The van der Waals surface area contributed by atoms with Crippen molar-refractivity contribution in [2.24, 2.45) is 0 Å². The van der Waals surface area contributed by atoms with Crippen molar-refractivity contribution in [2.45, 2.75) is 5.25 Å². The molecule has 0 spiro atoms. The van der Waals surface area contributed by atoms with Crippen LogP contribution in [0.2, 0.25) is 0 Å². The van der Waals surface area contributed by atoms with Crippen LogP contribution in [0.25, 0.3) is 0 Å². The van der Waals surface area contributed by atoms with E-state index in [0.717, 1.165) is 5.56 Å². The largest absolute Gasteiger partial charge is 0.456 e. The predicted octanol–water partition coefficient (Wildman–Crippen LogP) is 2.61.